The third kappa shape index (κ3) is 2.19. The minimum atomic E-state index is -0.932. The van der Waals surface area contributed by atoms with Gasteiger partial charge in [-0.05, 0) is 30.7 Å². The second kappa shape index (κ2) is 3.57. The Morgan fingerprint density at radius 1 is 1.36 bits per heavy atom. The highest BCUT2D eigenvalue weighted by molar-refractivity contribution is 8.37. The summed E-state index contributed by atoms with van der Waals surface area (Å²) in [6.45, 7) is 4.01. The van der Waals surface area contributed by atoms with Gasteiger partial charge in [0.1, 0.15) is 0 Å². The molecule has 0 saturated heterocycles. The maximum atomic E-state index is 11.1. The molecule has 0 aliphatic rings. The van der Waals surface area contributed by atoms with Crippen LogP contribution in [-0.2, 0) is 10.8 Å². The summed E-state index contributed by atoms with van der Waals surface area (Å²) in [5.41, 5.74) is 2.31. The molecule has 0 spiro atoms. The lowest BCUT2D eigenvalue weighted by molar-refractivity contribution is 0.609. The zero-order valence-electron chi connectivity index (χ0n) is 6.63. The van der Waals surface area contributed by atoms with Crippen molar-refractivity contribution in [1.29, 1.82) is 0 Å². The van der Waals surface area contributed by atoms with Crippen molar-refractivity contribution in [2.45, 2.75) is 18.7 Å². The Balaban J connectivity index is 3.09. The Labute approximate surface area is 72.3 Å². The van der Waals surface area contributed by atoms with Gasteiger partial charge in [0.2, 0.25) is 0 Å². The van der Waals surface area contributed by atoms with Gasteiger partial charge in [-0.25, -0.2) is 0 Å². The number of rotatable bonds is 1. The minimum Gasteiger partial charge on any atom is -0.610 e. The highest BCUT2D eigenvalue weighted by Crippen LogP contribution is 2.21. The van der Waals surface area contributed by atoms with Crippen molar-refractivity contribution in [3.63, 3.8) is 0 Å². The molecule has 1 nitrogen and oxygen atoms in total. The van der Waals surface area contributed by atoms with Crippen molar-refractivity contribution in [1.82, 2.24) is 0 Å². The summed E-state index contributed by atoms with van der Waals surface area (Å²) in [7, 11) is 1.36. The molecule has 0 aliphatic heterocycles. The third-order valence-corrected chi connectivity index (χ3v) is 3.20. The molecule has 3 heteroatoms. The van der Waals surface area contributed by atoms with Gasteiger partial charge in [-0.2, -0.15) is 0 Å². The molecule has 60 valence electrons. The maximum absolute atomic E-state index is 11.1. The minimum absolute atomic E-state index is 0.903. The molecule has 11 heavy (non-hydrogen) atoms. The van der Waals surface area contributed by atoms with Gasteiger partial charge in [0.25, 0.3) is 0 Å². The predicted molar refractivity (Wildman–Crippen MR) is 52.0 cm³/mol. The van der Waals surface area contributed by atoms with E-state index in [1.165, 1.54) is 5.56 Å². The van der Waals surface area contributed by atoms with Crippen LogP contribution in [0.1, 0.15) is 11.1 Å². The second-order valence-electron chi connectivity index (χ2n) is 2.57. The van der Waals surface area contributed by atoms with E-state index in [2.05, 4.69) is 8.44 Å². The molecule has 0 heterocycles. The zero-order valence-corrected chi connectivity index (χ0v) is 8.60. The van der Waals surface area contributed by atoms with Gasteiger partial charge in [0, 0.05) is 5.56 Å². The van der Waals surface area contributed by atoms with E-state index >= 15 is 0 Å². The lowest BCUT2D eigenvalue weighted by Gasteiger charge is -2.06. The van der Waals surface area contributed by atoms with E-state index in [9.17, 15) is 4.55 Å². The van der Waals surface area contributed by atoms with Gasteiger partial charge in [-0.15, -0.1) is 0 Å². The van der Waals surface area contributed by atoms with Crippen molar-refractivity contribution in [3.8, 4) is 0 Å². The van der Waals surface area contributed by atoms with E-state index in [4.69, 9.17) is 0 Å². The van der Waals surface area contributed by atoms with Crippen molar-refractivity contribution in [2.24, 2.45) is 0 Å². The first-order chi connectivity index (χ1) is 5.11. The van der Waals surface area contributed by atoms with Crippen LogP contribution in [0.5, 0.6) is 0 Å². The van der Waals surface area contributed by atoms with Crippen LogP contribution in [-0.4, -0.2) is 4.55 Å². The van der Waals surface area contributed by atoms with Gasteiger partial charge < -0.3 is 4.55 Å². The molecule has 0 amide bonds. The van der Waals surface area contributed by atoms with Crippen LogP contribution in [0, 0.1) is 13.8 Å². The fraction of sp³-hybridized carbons (Fsp3) is 0.250. The molecule has 0 fully saturated rings. The number of hydrogen-bond donors (Lipinski definition) is 0. The average Bonchev–Trinajstić information content (AvgIpc) is 1.85. The smallest absolute Gasteiger partial charge is 0.157 e. The molecular weight excluding hydrogens is 175 g/mol. The van der Waals surface area contributed by atoms with Crippen molar-refractivity contribution >= 4 is 19.2 Å². The predicted octanol–water partition coefficient (Wildman–Crippen LogP) is 2.20. The Hall–Kier alpha value is -0.0400. The topological polar surface area (TPSA) is 23.1 Å². The van der Waals surface area contributed by atoms with Gasteiger partial charge in [0.15, 0.2) is 4.90 Å². The van der Waals surface area contributed by atoms with Crippen molar-refractivity contribution < 1.29 is 4.55 Å². The monoisotopic (exact) mass is 186 g/mol. The normalized spacial score (nSPS) is 13.1. The Morgan fingerprint density at radius 3 is 2.45 bits per heavy atom. The van der Waals surface area contributed by atoms with Gasteiger partial charge >= 0.3 is 0 Å². The van der Waals surface area contributed by atoms with E-state index in [0.717, 1.165) is 10.5 Å². The van der Waals surface area contributed by atoms with Crippen LogP contribution in [0.25, 0.3) is 0 Å². The fourth-order valence-corrected chi connectivity index (χ4v) is 2.40. The molecule has 0 N–H and O–H groups in total. The molecule has 0 aromatic heterocycles. The summed E-state index contributed by atoms with van der Waals surface area (Å²) in [6, 6.07) is 5.93. The highest BCUT2D eigenvalue weighted by Gasteiger charge is 2.06. The molecular formula is C8H11OPS. The van der Waals surface area contributed by atoms with Crippen LogP contribution in [0.2, 0.25) is 0 Å². The van der Waals surface area contributed by atoms with Crippen LogP contribution >= 0.6 is 8.44 Å². The van der Waals surface area contributed by atoms with E-state index < -0.39 is 10.8 Å². The molecule has 1 aromatic carbocycles. The molecule has 0 saturated carbocycles. The fourth-order valence-electron chi connectivity index (χ4n) is 1.03. The Bertz CT molecular complexity index is 260. The molecule has 0 radical (unpaired) electrons. The SMILES string of the molecule is Cc1ccc([S+]([O-])P)c(C)c1. The number of hydrogen-bond acceptors (Lipinski definition) is 1. The molecule has 1 aromatic rings. The van der Waals surface area contributed by atoms with Gasteiger partial charge in [-0.1, -0.05) is 17.7 Å². The second-order valence-corrected chi connectivity index (χ2v) is 4.89. The Kier molecular flexibility index (Phi) is 2.94. The van der Waals surface area contributed by atoms with E-state index in [-0.39, 0.29) is 0 Å². The zero-order chi connectivity index (χ0) is 8.43. The number of aryl methyl sites for hydroxylation is 2. The van der Waals surface area contributed by atoms with E-state index in [1.807, 2.05) is 32.0 Å². The van der Waals surface area contributed by atoms with E-state index in [1.54, 1.807) is 0 Å². The van der Waals surface area contributed by atoms with Gasteiger partial charge in [-0.3, -0.25) is 0 Å². The summed E-state index contributed by atoms with van der Waals surface area (Å²) in [5, 5.41) is 0. The Morgan fingerprint density at radius 2 is 2.00 bits per heavy atom. The summed E-state index contributed by atoms with van der Waals surface area (Å²) < 4.78 is 11.1. The van der Waals surface area contributed by atoms with Crippen molar-refractivity contribution in [3.05, 3.63) is 29.3 Å². The summed E-state index contributed by atoms with van der Waals surface area (Å²) in [6.07, 6.45) is 0. The lowest BCUT2D eigenvalue weighted by Crippen LogP contribution is -1.93. The summed E-state index contributed by atoms with van der Waals surface area (Å²) in [4.78, 5) is 0.903. The van der Waals surface area contributed by atoms with Crippen LogP contribution < -0.4 is 0 Å². The maximum Gasteiger partial charge on any atom is 0.157 e. The first-order valence-corrected chi connectivity index (χ1v) is 5.97. The lowest BCUT2D eigenvalue weighted by atomic mass is 10.2. The van der Waals surface area contributed by atoms with Gasteiger partial charge in [0.05, 0.1) is 8.44 Å². The molecule has 0 bridgehead atoms. The molecule has 2 unspecified atom stereocenters. The highest BCUT2D eigenvalue weighted by atomic mass is 32.7. The van der Waals surface area contributed by atoms with Crippen LogP contribution in [0.3, 0.4) is 0 Å². The van der Waals surface area contributed by atoms with E-state index in [0.29, 0.717) is 0 Å². The largest absolute Gasteiger partial charge is 0.610 e. The first kappa shape index (κ1) is 9.05. The quantitative estimate of drug-likeness (QED) is 0.487. The summed E-state index contributed by atoms with van der Waals surface area (Å²) >= 11 is 0. The number of benzene rings is 1. The summed E-state index contributed by atoms with van der Waals surface area (Å²) in [5.74, 6) is 0. The molecule has 1 rings (SSSR count). The van der Waals surface area contributed by atoms with Crippen LogP contribution in [0.15, 0.2) is 23.1 Å². The standard InChI is InChI=1S/C8H11OPS/c1-6-3-4-8(11(9)10)7(2)5-6/h3-5H,10H2,1-2H3. The molecule has 2 atom stereocenters. The van der Waals surface area contributed by atoms with Crippen molar-refractivity contribution in [2.75, 3.05) is 0 Å². The third-order valence-electron chi connectivity index (χ3n) is 1.55. The molecule has 0 aliphatic carbocycles. The first-order valence-electron chi connectivity index (χ1n) is 3.34. The van der Waals surface area contributed by atoms with Crippen LogP contribution in [0.4, 0.5) is 0 Å². The average molecular weight is 186 g/mol.